The number of furan rings is 1. The van der Waals surface area contributed by atoms with E-state index in [9.17, 15) is 4.79 Å². The molecule has 3 rings (SSSR count). The predicted octanol–water partition coefficient (Wildman–Crippen LogP) is 5.23. The molecule has 0 saturated carbocycles. The highest BCUT2D eigenvalue weighted by Crippen LogP contribution is 2.30. The van der Waals surface area contributed by atoms with E-state index >= 15 is 0 Å². The average Bonchev–Trinajstić information content (AvgIpc) is 3.09. The normalized spacial score (nSPS) is 10.8. The van der Waals surface area contributed by atoms with Crippen LogP contribution in [-0.4, -0.2) is 10.9 Å². The number of aryl methyl sites for hydroxylation is 3. The van der Waals surface area contributed by atoms with Gasteiger partial charge in [-0.2, -0.15) is 0 Å². The Labute approximate surface area is 143 Å². The standard InChI is InChI=1S/C17H15ClN2O2S/c1-9-4-6-12(18)8-13(9)20-16(21)15-11(3)19-17(23-15)14-7-5-10(2)22-14/h4-8H,1-3H3,(H,20,21). The van der Waals surface area contributed by atoms with Crippen LogP contribution in [0.25, 0.3) is 10.8 Å². The summed E-state index contributed by atoms with van der Waals surface area (Å²) < 4.78 is 5.57. The molecule has 0 saturated heterocycles. The summed E-state index contributed by atoms with van der Waals surface area (Å²) in [6, 6.07) is 9.13. The van der Waals surface area contributed by atoms with Crippen LogP contribution in [0.1, 0.15) is 26.7 Å². The Kier molecular flexibility index (Phi) is 4.24. The Morgan fingerprint density at radius 2 is 2.00 bits per heavy atom. The quantitative estimate of drug-likeness (QED) is 0.706. The Bertz CT molecular complexity index is 883. The molecule has 6 heteroatoms. The molecule has 0 aliphatic heterocycles. The van der Waals surface area contributed by atoms with E-state index in [-0.39, 0.29) is 5.91 Å². The third kappa shape index (κ3) is 3.30. The van der Waals surface area contributed by atoms with Crippen LogP contribution >= 0.6 is 22.9 Å². The van der Waals surface area contributed by atoms with Gasteiger partial charge in [0.1, 0.15) is 10.6 Å². The lowest BCUT2D eigenvalue weighted by atomic mass is 10.2. The van der Waals surface area contributed by atoms with Crippen molar-refractivity contribution in [3.8, 4) is 10.8 Å². The van der Waals surface area contributed by atoms with Crippen molar-refractivity contribution in [2.75, 3.05) is 5.32 Å². The third-order valence-electron chi connectivity index (χ3n) is 3.40. The predicted molar refractivity (Wildman–Crippen MR) is 93.4 cm³/mol. The topological polar surface area (TPSA) is 55.1 Å². The van der Waals surface area contributed by atoms with E-state index in [1.165, 1.54) is 11.3 Å². The Morgan fingerprint density at radius 3 is 2.70 bits per heavy atom. The number of hydrogen-bond acceptors (Lipinski definition) is 4. The van der Waals surface area contributed by atoms with Gasteiger partial charge >= 0.3 is 0 Å². The summed E-state index contributed by atoms with van der Waals surface area (Å²) in [5, 5.41) is 4.17. The minimum absolute atomic E-state index is 0.195. The molecule has 0 fully saturated rings. The van der Waals surface area contributed by atoms with Crippen molar-refractivity contribution in [1.82, 2.24) is 4.98 Å². The smallest absolute Gasteiger partial charge is 0.267 e. The molecule has 0 aliphatic carbocycles. The lowest BCUT2D eigenvalue weighted by molar-refractivity contribution is 0.102. The van der Waals surface area contributed by atoms with Gasteiger partial charge < -0.3 is 9.73 Å². The van der Waals surface area contributed by atoms with Gasteiger partial charge in [-0.25, -0.2) is 4.98 Å². The SMILES string of the molecule is Cc1ccc(-c2nc(C)c(C(=O)Nc3cc(Cl)ccc3C)s2)o1. The summed E-state index contributed by atoms with van der Waals surface area (Å²) >= 11 is 7.30. The van der Waals surface area contributed by atoms with E-state index in [0.717, 1.165) is 11.3 Å². The maximum absolute atomic E-state index is 12.5. The van der Waals surface area contributed by atoms with Crippen LogP contribution in [-0.2, 0) is 0 Å². The van der Waals surface area contributed by atoms with Crippen molar-refractivity contribution in [3.05, 3.63) is 57.2 Å². The summed E-state index contributed by atoms with van der Waals surface area (Å²) in [7, 11) is 0. The second-order valence-electron chi connectivity index (χ2n) is 5.26. The molecule has 0 radical (unpaired) electrons. The molecule has 0 atom stereocenters. The van der Waals surface area contributed by atoms with Crippen molar-refractivity contribution in [3.63, 3.8) is 0 Å². The minimum atomic E-state index is -0.195. The number of halogens is 1. The first kappa shape index (κ1) is 15.8. The van der Waals surface area contributed by atoms with E-state index in [4.69, 9.17) is 16.0 Å². The molecule has 0 spiro atoms. The monoisotopic (exact) mass is 346 g/mol. The molecule has 2 heterocycles. The molecule has 1 aromatic carbocycles. The number of benzene rings is 1. The lowest BCUT2D eigenvalue weighted by Gasteiger charge is -2.07. The molecule has 1 amide bonds. The van der Waals surface area contributed by atoms with Gasteiger partial charge in [-0.15, -0.1) is 11.3 Å². The Hall–Kier alpha value is -2.11. The number of thiazole rings is 1. The third-order valence-corrected chi connectivity index (χ3v) is 4.81. The van der Waals surface area contributed by atoms with Crippen LogP contribution in [0.15, 0.2) is 34.7 Å². The van der Waals surface area contributed by atoms with Crippen LogP contribution in [0.2, 0.25) is 5.02 Å². The van der Waals surface area contributed by atoms with Crippen LogP contribution in [0.3, 0.4) is 0 Å². The van der Waals surface area contributed by atoms with Crippen molar-refractivity contribution in [2.45, 2.75) is 20.8 Å². The summed E-state index contributed by atoms with van der Waals surface area (Å²) in [5.74, 6) is 1.29. The molecule has 1 N–H and O–H groups in total. The van der Waals surface area contributed by atoms with Crippen LogP contribution in [0.5, 0.6) is 0 Å². The first-order valence-corrected chi connectivity index (χ1v) is 8.25. The van der Waals surface area contributed by atoms with E-state index in [1.807, 2.05) is 39.0 Å². The average molecular weight is 347 g/mol. The van der Waals surface area contributed by atoms with Gasteiger partial charge in [0, 0.05) is 10.7 Å². The highest BCUT2D eigenvalue weighted by atomic mass is 35.5. The second kappa shape index (κ2) is 6.18. The van der Waals surface area contributed by atoms with Gasteiger partial charge in [0.15, 0.2) is 10.8 Å². The van der Waals surface area contributed by atoms with Crippen molar-refractivity contribution >= 4 is 34.5 Å². The molecule has 0 aliphatic rings. The highest BCUT2D eigenvalue weighted by Gasteiger charge is 2.18. The molecule has 4 nitrogen and oxygen atoms in total. The number of aromatic nitrogens is 1. The molecular formula is C17H15ClN2O2S. The Morgan fingerprint density at radius 1 is 1.22 bits per heavy atom. The van der Waals surface area contributed by atoms with E-state index in [1.54, 1.807) is 12.1 Å². The van der Waals surface area contributed by atoms with E-state index in [0.29, 0.717) is 32.0 Å². The lowest BCUT2D eigenvalue weighted by Crippen LogP contribution is -2.12. The van der Waals surface area contributed by atoms with Crippen LogP contribution in [0, 0.1) is 20.8 Å². The van der Waals surface area contributed by atoms with Crippen molar-refractivity contribution < 1.29 is 9.21 Å². The largest absolute Gasteiger partial charge is 0.459 e. The summed E-state index contributed by atoms with van der Waals surface area (Å²) in [4.78, 5) is 17.5. The van der Waals surface area contributed by atoms with Crippen LogP contribution < -0.4 is 5.32 Å². The fourth-order valence-corrected chi connectivity index (χ4v) is 3.27. The molecule has 118 valence electrons. The number of amides is 1. The number of rotatable bonds is 3. The maximum atomic E-state index is 12.5. The fourth-order valence-electron chi connectivity index (χ4n) is 2.17. The molecule has 0 bridgehead atoms. The first-order valence-electron chi connectivity index (χ1n) is 7.06. The van der Waals surface area contributed by atoms with Gasteiger partial charge in [-0.05, 0) is 50.6 Å². The zero-order valence-electron chi connectivity index (χ0n) is 12.9. The number of nitrogens with zero attached hydrogens (tertiary/aromatic N) is 1. The van der Waals surface area contributed by atoms with Gasteiger partial charge in [0.25, 0.3) is 5.91 Å². The number of anilines is 1. The van der Waals surface area contributed by atoms with Gasteiger partial charge in [0.05, 0.1) is 5.69 Å². The summed E-state index contributed by atoms with van der Waals surface area (Å²) in [5.41, 5.74) is 2.33. The van der Waals surface area contributed by atoms with Crippen molar-refractivity contribution in [2.24, 2.45) is 0 Å². The molecule has 23 heavy (non-hydrogen) atoms. The summed E-state index contributed by atoms with van der Waals surface area (Å²) in [6.07, 6.45) is 0. The fraction of sp³-hybridized carbons (Fsp3) is 0.176. The molecule has 3 aromatic rings. The van der Waals surface area contributed by atoms with Gasteiger partial charge in [0.2, 0.25) is 0 Å². The number of carbonyl (C=O) groups excluding carboxylic acids is 1. The first-order chi connectivity index (χ1) is 10.9. The number of hydrogen-bond donors (Lipinski definition) is 1. The second-order valence-corrected chi connectivity index (χ2v) is 6.69. The Balaban J connectivity index is 1.88. The molecular weight excluding hydrogens is 332 g/mol. The van der Waals surface area contributed by atoms with Gasteiger partial charge in [-0.3, -0.25) is 4.79 Å². The number of nitrogens with one attached hydrogen (secondary N) is 1. The van der Waals surface area contributed by atoms with E-state index < -0.39 is 0 Å². The highest BCUT2D eigenvalue weighted by molar-refractivity contribution is 7.17. The molecule has 0 unspecified atom stereocenters. The minimum Gasteiger partial charge on any atom is -0.459 e. The van der Waals surface area contributed by atoms with Crippen LogP contribution in [0.4, 0.5) is 5.69 Å². The maximum Gasteiger partial charge on any atom is 0.267 e. The zero-order valence-corrected chi connectivity index (χ0v) is 14.5. The number of carbonyl (C=O) groups is 1. The zero-order chi connectivity index (χ0) is 16.6. The van der Waals surface area contributed by atoms with E-state index in [2.05, 4.69) is 10.3 Å². The van der Waals surface area contributed by atoms with Gasteiger partial charge in [-0.1, -0.05) is 17.7 Å². The van der Waals surface area contributed by atoms with Crippen molar-refractivity contribution in [1.29, 1.82) is 0 Å². The molecule has 2 aromatic heterocycles. The summed E-state index contributed by atoms with van der Waals surface area (Å²) in [6.45, 7) is 5.61.